The van der Waals surface area contributed by atoms with Gasteiger partial charge in [0.2, 0.25) is 5.91 Å². The molecule has 0 aromatic carbocycles. The van der Waals surface area contributed by atoms with Crippen molar-refractivity contribution < 1.29 is 23.1 Å². The highest BCUT2D eigenvalue weighted by Crippen LogP contribution is 2.24. The minimum absolute atomic E-state index is 0.0922. The maximum Gasteiger partial charge on any atom is 0.308 e. The molecular formula is C12H19NO5S. The zero-order valence-electron chi connectivity index (χ0n) is 10.7. The standard InChI is InChI=1S/C12H19NO5S/c14-11(6-9-3-5-19(17,18)8-9)13-4-1-2-10(7-13)12(15)16/h9-10H,1-8H2,(H,15,16). The summed E-state index contributed by atoms with van der Waals surface area (Å²) in [6.45, 7) is 0.843. The van der Waals surface area contributed by atoms with Gasteiger partial charge in [0, 0.05) is 19.5 Å². The van der Waals surface area contributed by atoms with Crippen LogP contribution in [-0.4, -0.2) is 54.9 Å². The second-order valence-electron chi connectivity index (χ2n) is 5.49. The highest BCUT2D eigenvalue weighted by Gasteiger charge is 2.33. The van der Waals surface area contributed by atoms with E-state index in [9.17, 15) is 18.0 Å². The Balaban J connectivity index is 1.88. The smallest absolute Gasteiger partial charge is 0.308 e. The van der Waals surface area contributed by atoms with Crippen LogP contribution < -0.4 is 0 Å². The third-order valence-electron chi connectivity index (χ3n) is 3.91. The van der Waals surface area contributed by atoms with Crippen molar-refractivity contribution in [2.45, 2.75) is 25.7 Å². The lowest BCUT2D eigenvalue weighted by atomic mass is 9.97. The fourth-order valence-electron chi connectivity index (χ4n) is 2.81. The number of hydrogen-bond acceptors (Lipinski definition) is 4. The first-order chi connectivity index (χ1) is 8.87. The van der Waals surface area contributed by atoms with E-state index >= 15 is 0 Å². The number of carboxylic acids is 1. The normalized spacial score (nSPS) is 30.2. The van der Waals surface area contributed by atoms with E-state index in [4.69, 9.17) is 5.11 Å². The molecule has 2 fully saturated rings. The van der Waals surface area contributed by atoms with Crippen molar-refractivity contribution in [3.63, 3.8) is 0 Å². The van der Waals surface area contributed by atoms with Gasteiger partial charge in [0.1, 0.15) is 0 Å². The van der Waals surface area contributed by atoms with Crippen molar-refractivity contribution in [2.75, 3.05) is 24.6 Å². The van der Waals surface area contributed by atoms with E-state index in [1.54, 1.807) is 4.90 Å². The number of hydrogen-bond donors (Lipinski definition) is 1. The van der Waals surface area contributed by atoms with Gasteiger partial charge in [-0.1, -0.05) is 0 Å². The van der Waals surface area contributed by atoms with E-state index in [0.29, 0.717) is 25.8 Å². The van der Waals surface area contributed by atoms with Crippen molar-refractivity contribution in [2.24, 2.45) is 11.8 Å². The van der Waals surface area contributed by atoms with Crippen molar-refractivity contribution in [1.29, 1.82) is 0 Å². The molecule has 2 aliphatic heterocycles. The molecule has 1 amide bonds. The quantitative estimate of drug-likeness (QED) is 0.797. The number of sulfone groups is 1. The van der Waals surface area contributed by atoms with Crippen molar-refractivity contribution >= 4 is 21.7 Å². The summed E-state index contributed by atoms with van der Waals surface area (Å²) < 4.78 is 22.7. The van der Waals surface area contributed by atoms with Crippen LogP contribution in [0.2, 0.25) is 0 Å². The predicted octanol–water partition coefficient (Wildman–Crippen LogP) is 0.134. The molecule has 19 heavy (non-hydrogen) atoms. The van der Waals surface area contributed by atoms with E-state index in [-0.39, 0.29) is 36.3 Å². The second-order valence-corrected chi connectivity index (χ2v) is 7.72. The van der Waals surface area contributed by atoms with E-state index in [0.717, 1.165) is 0 Å². The van der Waals surface area contributed by atoms with Gasteiger partial charge in [0.05, 0.1) is 17.4 Å². The molecule has 2 heterocycles. The minimum Gasteiger partial charge on any atom is -0.481 e. The molecule has 7 heteroatoms. The largest absolute Gasteiger partial charge is 0.481 e. The molecule has 2 saturated heterocycles. The van der Waals surface area contributed by atoms with E-state index in [1.165, 1.54) is 0 Å². The first-order valence-corrected chi connectivity index (χ1v) is 8.40. The van der Waals surface area contributed by atoms with Crippen LogP contribution in [-0.2, 0) is 19.4 Å². The summed E-state index contributed by atoms with van der Waals surface area (Å²) in [5.74, 6) is -1.28. The molecule has 108 valence electrons. The van der Waals surface area contributed by atoms with Crippen LogP contribution in [0.4, 0.5) is 0 Å². The summed E-state index contributed by atoms with van der Waals surface area (Å²) in [6.07, 6.45) is 2.08. The van der Waals surface area contributed by atoms with Crippen molar-refractivity contribution in [3.8, 4) is 0 Å². The summed E-state index contributed by atoms with van der Waals surface area (Å²) in [7, 11) is -2.96. The molecule has 2 rings (SSSR count). The van der Waals surface area contributed by atoms with Gasteiger partial charge in [0.25, 0.3) is 0 Å². The van der Waals surface area contributed by atoms with Gasteiger partial charge in [-0.25, -0.2) is 8.42 Å². The summed E-state index contributed by atoms with van der Waals surface area (Å²) in [6, 6.07) is 0. The molecule has 6 nitrogen and oxygen atoms in total. The average molecular weight is 289 g/mol. The molecule has 2 aliphatic rings. The van der Waals surface area contributed by atoms with Gasteiger partial charge in [-0.15, -0.1) is 0 Å². The van der Waals surface area contributed by atoms with E-state index in [2.05, 4.69) is 0 Å². The third kappa shape index (κ3) is 3.68. The van der Waals surface area contributed by atoms with Crippen LogP contribution >= 0.6 is 0 Å². The first kappa shape index (κ1) is 14.3. The van der Waals surface area contributed by atoms with Crippen LogP contribution in [0.5, 0.6) is 0 Å². The number of amides is 1. The third-order valence-corrected chi connectivity index (χ3v) is 5.75. The Kier molecular flexibility index (Phi) is 4.13. The molecule has 0 aromatic rings. The SMILES string of the molecule is O=C(O)C1CCCN(C(=O)CC2CCS(=O)(=O)C2)C1. The summed E-state index contributed by atoms with van der Waals surface area (Å²) in [4.78, 5) is 24.6. The lowest BCUT2D eigenvalue weighted by molar-refractivity contribution is -0.145. The molecule has 0 bridgehead atoms. The van der Waals surface area contributed by atoms with Gasteiger partial charge in [-0.05, 0) is 25.2 Å². The fraction of sp³-hybridized carbons (Fsp3) is 0.833. The van der Waals surface area contributed by atoms with Crippen LogP contribution in [0.15, 0.2) is 0 Å². The Bertz CT molecular complexity index is 473. The summed E-state index contributed by atoms with van der Waals surface area (Å²) in [5, 5.41) is 8.97. The van der Waals surface area contributed by atoms with Crippen LogP contribution in [0.3, 0.4) is 0 Å². The number of likely N-dealkylation sites (tertiary alicyclic amines) is 1. The Morgan fingerprint density at radius 1 is 1.26 bits per heavy atom. The molecule has 1 N–H and O–H groups in total. The zero-order valence-corrected chi connectivity index (χ0v) is 11.6. The molecular weight excluding hydrogens is 270 g/mol. The number of aliphatic carboxylic acids is 1. The molecule has 0 aromatic heterocycles. The average Bonchev–Trinajstić information content (AvgIpc) is 2.68. The van der Waals surface area contributed by atoms with Crippen molar-refractivity contribution in [3.05, 3.63) is 0 Å². The maximum absolute atomic E-state index is 12.1. The Hall–Kier alpha value is -1.11. The molecule has 0 saturated carbocycles. The Morgan fingerprint density at radius 2 is 2.00 bits per heavy atom. The van der Waals surface area contributed by atoms with Crippen LogP contribution in [0, 0.1) is 11.8 Å². The Labute approximate surface area is 112 Å². The lowest BCUT2D eigenvalue weighted by Crippen LogP contribution is -2.42. The number of carbonyl (C=O) groups excluding carboxylic acids is 1. The summed E-state index contributed by atoms with van der Waals surface area (Å²) in [5.41, 5.74) is 0. The maximum atomic E-state index is 12.1. The van der Waals surface area contributed by atoms with Gasteiger partial charge >= 0.3 is 5.97 Å². The fourth-order valence-corrected chi connectivity index (χ4v) is 4.68. The number of piperidine rings is 1. The van der Waals surface area contributed by atoms with E-state index < -0.39 is 21.7 Å². The van der Waals surface area contributed by atoms with Gasteiger partial charge in [-0.3, -0.25) is 9.59 Å². The molecule has 0 aliphatic carbocycles. The molecule has 2 atom stereocenters. The second kappa shape index (κ2) is 5.48. The molecule has 0 spiro atoms. The highest BCUT2D eigenvalue weighted by atomic mass is 32.2. The van der Waals surface area contributed by atoms with Gasteiger partial charge < -0.3 is 10.0 Å². The summed E-state index contributed by atoms with van der Waals surface area (Å²) >= 11 is 0. The molecule has 2 unspecified atom stereocenters. The van der Waals surface area contributed by atoms with Gasteiger partial charge in [0.15, 0.2) is 9.84 Å². The van der Waals surface area contributed by atoms with Crippen LogP contribution in [0.1, 0.15) is 25.7 Å². The van der Waals surface area contributed by atoms with Crippen molar-refractivity contribution in [1.82, 2.24) is 4.90 Å². The topological polar surface area (TPSA) is 91.8 Å². The zero-order chi connectivity index (χ0) is 14.0. The Morgan fingerprint density at radius 3 is 2.58 bits per heavy atom. The van der Waals surface area contributed by atoms with Crippen LogP contribution in [0.25, 0.3) is 0 Å². The monoisotopic (exact) mass is 289 g/mol. The predicted molar refractivity (Wildman–Crippen MR) is 68.3 cm³/mol. The number of carboxylic acid groups (broad SMARTS) is 1. The number of nitrogens with zero attached hydrogens (tertiary/aromatic N) is 1. The number of carbonyl (C=O) groups is 2. The highest BCUT2D eigenvalue weighted by molar-refractivity contribution is 7.91. The van der Waals surface area contributed by atoms with Gasteiger partial charge in [-0.2, -0.15) is 0 Å². The molecule has 0 radical (unpaired) electrons. The van der Waals surface area contributed by atoms with E-state index in [1.807, 2.05) is 0 Å². The lowest BCUT2D eigenvalue weighted by Gasteiger charge is -2.31. The number of rotatable bonds is 3. The first-order valence-electron chi connectivity index (χ1n) is 6.58. The minimum atomic E-state index is -2.96.